The zero-order chi connectivity index (χ0) is 17.3. The van der Waals surface area contributed by atoms with Crippen molar-refractivity contribution in [3.8, 4) is 0 Å². The van der Waals surface area contributed by atoms with Gasteiger partial charge >= 0.3 is 0 Å². The lowest BCUT2D eigenvalue weighted by Gasteiger charge is -2.35. The Bertz CT molecular complexity index is 809. The van der Waals surface area contributed by atoms with Crippen molar-refractivity contribution in [2.45, 2.75) is 25.5 Å². The van der Waals surface area contributed by atoms with E-state index in [1.54, 1.807) is 0 Å². The van der Waals surface area contributed by atoms with Crippen molar-refractivity contribution >= 4 is 11.7 Å². The third kappa shape index (κ3) is 3.03. The Kier molecular flexibility index (Phi) is 4.01. The molecule has 0 saturated carbocycles. The number of likely N-dealkylation sites (tertiary alicyclic amines) is 1. The Hall–Kier alpha value is -2.66. The van der Waals surface area contributed by atoms with E-state index in [0.717, 1.165) is 22.5 Å². The fourth-order valence-corrected chi connectivity index (χ4v) is 3.37. The highest BCUT2D eigenvalue weighted by Gasteiger charge is 2.41. The van der Waals surface area contributed by atoms with Crippen LogP contribution >= 0.6 is 0 Å². The molecule has 0 aliphatic carbocycles. The van der Waals surface area contributed by atoms with Crippen molar-refractivity contribution in [2.24, 2.45) is 4.99 Å². The molecule has 128 valence electrons. The number of amides is 1. The standard InChI is InChI=1S/C20H21N3O2/c1-15-7-5-6-10-17(15)19(24)23-13-11-20(12-14-23)21-18(22-25-20)16-8-3-2-4-9-16/h2-10H,11-14H2,1H3,(H,21,22). The summed E-state index contributed by atoms with van der Waals surface area (Å²) in [6.07, 6.45) is 1.38. The average Bonchev–Trinajstić information content (AvgIpc) is 3.07. The third-order valence-electron chi connectivity index (χ3n) is 4.91. The minimum Gasteiger partial charge on any atom is -0.338 e. The molecule has 1 N–H and O–H groups in total. The van der Waals surface area contributed by atoms with Gasteiger partial charge in [-0.1, -0.05) is 48.5 Å². The zero-order valence-corrected chi connectivity index (χ0v) is 14.2. The molecule has 0 aromatic heterocycles. The minimum atomic E-state index is -0.562. The smallest absolute Gasteiger partial charge is 0.254 e. The van der Waals surface area contributed by atoms with Gasteiger partial charge in [-0.25, -0.2) is 15.3 Å². The van der Waals surface area contributed by atoms with Crippen LogP contribution in [0.2, 0.25) is 0 Å². The normalized spacial score (nSPS) is 18.8. The largest absolute Gasteiger partial charge is 0.338 e. The first-order chi connectivity index (χ1) is 12.2. The van der Waals surface area contributed by atoms with Gasteiger partial charge in [0.25, 0.3) is 5.91 Å². The number of hydrogen-bond donors (Lipinski definition) is 1. The lowest BCUT2D eigenvalue weighted by atomic mass is 9.99. The second kappa shape index (κ2) is 6.33. The molecule has 1 saturated heterocycles. The molecular formula is C20H21N3O2. The van der Waals surface area contributed by atoms with Gasteiger partial charge < -0.3 is 4.90 Å². The predicted molar refractivity (Wildman–Crippen MR) is 96.2 cm³/mol. The average molecular weight is 335 g/mol. The van der Waals surface area contributed by atoms with Crippen LogP contribution in [0, 0.1) is 6.92 Å². The van der Waals surface area contributed by atoms with Crippen molar-refractivity contribution in [3.63, 3.8) is 0 Å². The van der Waals surface area contributed by atoms with Crippen LogP contribution in [0.1, 0.15) is 34.3 Å². The summed E-state index contributed by atoms with van der Waals surface area (Å²) in [4.78, 5) is 25.2. The van der Waals surface area contributed by atoms with Crippen LogP contribution in [0.15, 0.2) is 59.6 Å². The highest BCUT2D eigenvalue weighted by molar-refractivity contribution is 5.99. The monoisotopic (exact) mass is 335 g/mol. The van der Waals surface area contributed by atoms with Gasteiger partial charge in [-0.2, -0.15) is 0 Å². The van der Waals surface area contributed by atoms with Gasteiger partial charge in [-0.05, 0) is 18.6 Å². The number of aryl methyl sites for hydroxylation is 1. The van der Waals surface area contributed by atoms with E-state index < -0.39 is 5.72 Å². The quantitative estimate of drug-likeness (QED) is 0.918. The van der Waals surface area contributed by atoms with E-state index >= 15 is 0 Å². The number of benzene rings is 2. The maximum absolute atomic E-state index is 12.7. The Morgan fingerprint density at radius 3 is 2.48 bits per heavy atom. The Labute approximate surface area is 147 Å². The zero-order valence-electron chi connectivity index (χ0n) is 14.2. The molecule has 2 aliphatic rings. The molecule has 2 aromatic rings. The Morgan fingerprint density at radius 2 is 1.76 bits per heavy atom. The van der Waals surface area contributed by atoms with Crippen molar-refractivity contribution in [3.05, 3.63) is 71.3 Å². The second-order valence-electron chi connectivity index (χ2n) is 6.58. The Balaban J connectivity index is 1.46. The first-order valence-corrected chi connectivity index (χ1v) is 8.61. The fraction of sp³-hybridized carbons (Fsp3) is 0.300. The number of nitrogens with zero attached hydrogens (tertiary/aromatic N) is 2. The summed E-state index contributed by atoms with van der Waals surface area (Å²) < 4.78 is 0. The molecule has 0 radical (unpaired) electrons. The minimum absolute atomic E-state index is 0.0890. The second-order valence-corrected chi connectivity index (χ2v) is 6.58. The lowest BCUT2D eigenvalue weighted by molar-refractivity contribution is -0.0849. The molecule has 25 heavy (non-hydrogen) atoms. The van der Waals surface area contributed by atoms with E-state index in [4.69, 9.17) is 9.83 Å². The molecule has 0 bridgehead atoms. The third-order valence-corrected chi connectivity index (χ3v) is 4.91. The fourth-order valence-electron chi connectivity index (χ4n) is 3.37. The first kappa shape index (κ1) is 15.8. The summed E-state index contributed by atoms with van der Waals surface area (Å²) in [6, 6.07) is 17.7. The number of nitrogens with one attached hydrogen (secondary N) is 1. The van der Waals surface area contributed by atoms with Crippen molar-refractivity contribution in [1.82, 2.24) is 10.4 Å². The summed E-state index contributed by atoms with van der Waals surface area (Å²) in [5.41, 5.74) is 5.20. The summed E-state index contributed by atoms with van der Waals surface area (Å²) in [7, 11) is 0. The van der Waals surface area contributed by atoms with Crippen LogP contribution in [0.3, 0.4) is 0 Å². The molecule has 0 atom stereocenters. The maximum atomic E-state index is 12.7. The van der Waals surface area contributed by atoms with Crippen LogP contribution in [-0.2, 0) is 4.84 Å². The Morgan fingerprint density at radius 1 is 1.08 bits per heavy atom. The highest BCUT2D eigenvalue weighted by atomic mass is 16.7. The van der Waals surface area contributed by atoms with Crippen LogP contribution in [0.4, 0.5) is 0 Å². The van der Waals surface area contributed by atoms with E-state index in [1.807, 2.05) is 66.4 Å². The number of hydrogen-bond acceptors (Lipinski definition) is 4. The number of amidine groups is 1. The van der Waals surface area contributed by atoms with Gasteiger partial charge in [-0.3, -0.25) is 4.79 Å². The summed E-state index contributed by atoms with van der Waals surface area (Å²) in [5, 5.41) is 0. The van der Waals surface area contributed by atoms with Gasteiger partial charge in [0.1, 0.15) is 0 Å². The van der Waals surface area contributed by atoms with Gasteiger partial charge in [-0.15, -0.1) is 0 Å². The van der Waals surface area contributed by atoms with E-state index in [0.29, 0.717) is 25.9 Å². The molecule has 5 nitrogen and oxygen atoms in total. The first-order valence-electron chi connectivity index (χ1n) is 8.61. The number of piperidine rings is 1. The molecule has 5 heteroatoms. The molecule has 2 aromatic carbocycles. The SMILES string of the molecule is Cc1ccccc1C(=O)N1CCC2(CC1)N=C(c1ccccc1)NO2. The van der Waals surface area contributed by atoms with Gasteiger partial charge in [0, 0.05) is 37.1 Å². The van der Waals surface area contributed by atoms with E-state index in [1.165, 1.54) is 0 Å². The molecular weight excluding hydrogens is 314 g/mol. The van der Waals surface area contributed by atoms with Crippen LogP contribution in [0.5, 0.6) is 0 Å². The number of carbonyl (C=O) groups excluding carboxylic acids is 1. The number of rotatable bonds is 2. The molecule has 2 aliphatic heterocycles. The van der Waals surface area contributed by atoms with Crippen molar-refractivity contribution in [1.29, 1.82) is 0 Å². The van der Waals surface area contributed by atoms with Gasteiger partial charge in [0.15, 0.2) is 11.6 Å². The van der Waals surface area contributed by atoms with Crippen LogP contribution < -0.4 is 5.48 Å². The topological polar surface area (TPSA) is 53.9 Å². The predicted octanol–water partition coefficient (Wildman–Crippen LogP) is 2.91. The lowest BCUT2D eigenvalue weighted by Crippen LogP contribution is -2.46. The van der Waals surface area contributed by atoms with E-state index in [-0.39, 0.29) is 5.91 Å². The maximum Gasteiger partial charge on any atom is 0.254 e. The van der Waals surface area contributed by atoms with E-state index in [2.05, 4.69) is 5.48 Å². The van der Waals surface area contributed by atoms with Gasteiger partial charge in [0.05, 0.1) is 0 Å². The molecule has 4 rings (SSSR count). The molecule has 1 fully saturated rings. The number of aliphatic imine (C=N–C) groups is 1. The molecule has 0 unspecified atom stereocenters. The highest BCUT2D eigenvalue weighted by Crippen LogP contribution is 2.31. The van der Waals surface area contributed by atoms with Crippen LogP contribution in [0.25, 0.3) is 0 Å². The summed E-state index contributed by atoms with van der Waals surface area (Å²) >= 11 is 0. The molecule has 2 heterocycles. The molecule has 1 amide bonds. The van der Waals surface area contributed by atoms with Gasteiger partial charge in [0.2, 0.25) is 0 Å². The summed E-state index contributed by atoms with van der Waals surface area (Å²) in [6.45, 7) is 3.25. The number of hydroxylamine groups is 1. The molecule has 1 spiro atoms. The summed E-state index contributed by atoms with van der Waals surface area (Å²) in [5.74, 6) is 0.852. The van der Waals surface area contributed by atoms with Crippen LogP contribution in [-0.4, -0.2) is 35.5 Å². The van der Waals surface area contributed by atoms with Crippen molar-refractivity contribution in [2.75, 3.05) is 13.1 Å². The van der Waals surface area contributed by atoms with E-state index in [9.17, 15) is 4.79 Å². The number of carbonyl (C=O) groups is 1. The van der Waals surface area contributed by atoms with Crippen molar-refractivity contribution < 1.29 is 9.63 Å².